The summed E-state index contributed by atoms with van der Waals surface area (Å²) in [5, 5.41) is 19.3. The lowest BCUT2D eigenvalue weighted by Crippen LogP contribution is -2.47. The van der Waals surface area contributed by atoms with Crippen LogP contribution in [0.3, 0.4) is 0 Å². The second-order valence-corrected chi connectivity index (χ2v) is 10.8. The average molecular weight is 496 g/mol. The van der Waals surface area contributed by atoms with Gasteiger partial charge in [0, 0.05) is 49.9 Å². The zero-order chi connectivity index (χ0) is 24.1. The molecule has 0 radical (unpaired) electrons. The van der Waals surface area contributed by atoms with Crippen molar-refractivity contribution in [3.63, 3.8) is 0 Å². The van der Waals surface area contributed by atoms with E-state index in [-0.39, 0.29) is 11.9 Å². The van der Waals surface area contributed by atoms with Gasteiger partial charge in [0.1, 0.15) is 16.3 Å². The maximum Gasteiger partial charge on any atom is 0.407 e. The highest BCUT2D eigenvalue weighted by Gasteiger charge is 2.41. The molecule has 0 bridgehead atoms. The number of nitrogens with one attached hydrogen (secondary N) is 1. The third-order valence-electron chi connectivity index (χ3n) is 7.49. The number of likely N-dealkylation sites (tertiary alicyclic amines) is 1. The summed E-state index contributed by atoms with van der Waals surface area (Å²) >= 11 is 1.56. The maximum absolute atomic E-state index is 13.5. The Balaban J connectivity index is 1.29. The Morgan fingerprint density at radius 3 is 2.51 bits per heavy atom. The molecule has 2 amide bonds. The summed E-state index contributed by atoms with van der Waals surface area (Å²) in [5.74, 6) is 2.42. The Morgan fingerprint density at radius 1 is 1.14 bits per heavy atom. The van der Waals surface area contributed by atoms with Gasteiger partial charge in [-0.05, 0) is 50.4 Å². The van der Waals surface area contributed by atoms with Crippen LogP contribution < -0.4 is 5.32 Å². The summed E-state index contributed by atoms with van der Waals surface area (Å²) in [7, 11) is 1.59. The lowest BCUT2D eigenvalue weighted by Gasteiger charge is -2.35. The molecule has 2 N–H and O–H groups in total. The quantitative estimate of drug-likeness (QED) is 0.514. The molecule has 2 aliphatic carbocycles. The zero-order valence-electron chi connectivity index (χ0n) is 19.6. The second-order valence-electron chi connectivity index (χ2n) is 9.93. The molecule has 1 saturated heterocycles. The smallest absolute Gasteiger partial charge is 0.407 e. The number of carboxylic acid groups (broad SMARTS) is 1. The molecule has 11 heteroatoms. The van der Waals surface area contributed by atoms with Crippen LogP contribution in [-0.4, -0.2) is 78.7 Å². The van der Waals surface area contributed by atoms with Crippen LogP contribution >= 0.6 is 11.3 Å². The number of aromatic nitrogens is 4. The predicted molar refractivity (Wildman–Crippen MR) is 132 cm³/mol. The SMILES string of the molecule is CN(C(=O)O)C1CCN(C(=O)c2cc(NC(C3CC3)C3CC3)nc(-c3cnn4ccsc34)n2)CC1. The van der Waals surface area contributed by atoms with Crippen molar-refractivity contribution in [1.29, 1.82) is 0 Å². The van der Waals surface area contributed by atoms with Gasteiger partial charge in [-0.3, -0.25) is 4.79 Å². The van der Waals surface area contributed by atoms with Crippen molar-refractivity contribution in [2.75, 3.05) is 25.5 Å². The minimum absolute atomic E-state index is 0.0768. The highest BCUT2D eigenvalue weighted by atomic mass is 32.1. The van der Waals surface area contributed by atoms with E-state index in [1.807, 2.05) is 11.6 Å². The lowest BCUT2D eigenvalue weighted by molar-refractivity contribution is 0.0638. The van der Waals surface area contributed by atoms with E-state index in [0.29, 0.717) is 61.1 Å². The normalized spacial score (nSPS) is 18.9. The number of carbonyl (C=O) groups is 2. The van der Waals surface area contributed by atoms with Crippen molar-refractivity contribution in [2.24, 2.45) is 11.8 Å². The van der Waals surface area contributed by atoms with Crippen LogP contribution in [0, 0.1) is 11.8 Å². The molecule has 6 rings (SSSR count). The van der Waals surface area contributed by atoms with Crippen molar-refractivity contribution in [1.82, 2.24) is 29.4 Å². The Kier molecular flexibility index (Phi) is 5.58. The molecule has 0 unspecified atom stereocenters. The highest BCUT2D eigenvalue weighted by molar-refractivity contribution is 7.16. The van der Waals surface area contributed by atoms with E-state index in [2.05, 4.69) is 10.4 Å². The molecule has 3 aromatic rings. The van der Waals surface area contributed by atoms with Gasteiger partial charge in [0.05, 0.1) is 11.8 Å². The Labute approximate surface area is 207 Å². The van der Waals surface area contributed by atoms with E-state index in [1.54, 1.807) is 40.1 Å². The van der Waals surface area contributed by atoms with Gasteiger partial charge in [0.15, 0.2) is 5.82 Å². The minimum Gasteiger partial charge on any atom is -0.465 e. The molecule has 10 nitrogen and oxygen atoms in total. The molecule has 3 aliphatic rings. The molecule has 35 heavy (non-hydrogen) atoms. The van der Waals surface area contributed by atoms with Crippen LogP contribution in [0.4, 0.5) is 10.6 Å². The summed E-state index contributed by atoms with van der Waals surface area (Å²) in [4.78, 5) is 38.4. The van der Waals surface area contributed by atoms with Gasteiger partial charge >= 0.3 is 6.09 Å². The van der Waals surface area contributed by atoms with Gasteiger partial charge in [-0.15, -0.1) is 11.3 Å². The Bertz CT molecular complexity index is 1250. The third kappa shape index (κ3) is 4.44. The molecule has 0 aromatic carbocycles. The fourth-order valence-electron chi connectivity index (χ4n) is 5.11. The Morgan fingerprint density at radius 2 is 1.86 bits per heavy atom. The first-order valence-electron chi connectivity index (χ1n) is 12.3. The number of piperidine rings is 1. The topological polar surface area (TPSA) is 116 Å². The van der Waals surface area contributed by atoms with Crippen molar-refractivity contribution >= 4 is 34.0 Å². The van der Waals surface area contributed by atoms with E-state index in [4.69, 9.17) is 9.97 Å². The molecular formula is C24H29N7O3S. The average Bonchev–Trinajstić information content (AvgIpc) is 3.79. The van der Waals surface area contributed by atoms with Gasteiger partial charge in [-0.25, -0.2) is 19.3 Å². The molecule has 3 aromatic heterocycles. The maximum atomic E-state index is 13.5. The molecule has 2 saturated carbocycles. The predicted octanol–water partition coefficient (Wildman–Crippen LogP) is 3.67. The van der Waals surface area contributed by atoms with Crippen molar-refractivity contribution in [2.45, 2.75) is 50.6 Å². The number of carbonyl (C=O) groups excluding carboxylic acids is 1. The van der Waals surface area contributed by atoms with Crippen molar-refractivity contribution in [3.05, 3.63) is 29.5 Å². The largest absolute Gasteiger partial charge is 0.465 e. The van der Waals surface area contributed by atoms with Gasteiger partial charge < -0.3 is 20.2 Å². The fourth-order valence-corrected chi connectivity index (χ4v) is 5.90. The number of hydrogen-bond donors (Lipinski definition) is 2. The van der Waals surface area contributed by atoms with Crippen molar-refractivity contribution < 1.29 is 14.7 Å². The van der Waals surface area contributed by atoms with Crippen LogP contribution in [0.2, 0.25) is 0 Å². The third-order valence-corrected chi connectivity index (χ3v) is 8.38. The first-order valence-corrected chi connectivity index (χ1v) is 13.2. The van der Waals surface area contributed by atoms with E-state index in [1.165, 1.54) is 30.6 Å². The Hall–Kier alpha value is -3.21. The zero-order valence-corrected chi connectivity index (χ0v) is 20.4. The van der Waals surface area contributed by atoms with Crippen LogP contribution in [0.25, 0.3) is 16.2 Å². The molecule has 0 spiro atoms. The first-order chi connectivity index (χ1) is 17.0. The van der Waals surface area contributed by atoms with Gasteiger partial charge in [0.25, 0.3) is 5.91 Å². The molecule has 184 valence electrons. The monoisotopic (exact) mass is 495 g/mol. The van der Waals surface area contributed by atoms with Gasteiger partial charge in [-0.1, -0.05) is 0 Å². The number of rotatable bonds is 7. The van der Waals surface area contributed by atoms with E-state index in [9.17, 15) is 14.7 Å². The first kappa shape index (κ1) is 22.3. The number of amides is 2. The van der Waals surface area contributed by atoms with Crippen LogP contribution in [0.5, 0.6) is 0 Å². The van der Waals surface area contributed by atoms with Gasteiger partial charge in [-0.2, -0.15) is 5.10 Å². The molecule has 4 heterocycles. The summed E-state index contributed by atoms with van der Waals surface area (Å²) in [6.07, 6.45) is 8.93. The number of hydrogen-bond acceptors (Lipinski definition) is 7. The number of nitrogens with zero attached hydrogens (tertiary/aromatic N) is 6. The standard InChI is InChI=1S/C24H29N7O3S/c1-29(24(33)34)16-6-8-30(9-7-16)22(32)18-12-19(27-20(14-2-3-14)15-4-5-15)28-21(26-18)17-13-25-31-10-11-35-23(17)31/h10-16,20H,2-9H2,1H3,(H,33,34)(H,26,27,28). The number of thiazole rings is 1. The highest BCUT2D eigenvalue weighted by Crippen LogP contribution is 2.46. The van der Waals surface area contributed by atoms with Gasteiger partial charge in [0.2, 0.25) is 0 Å². The molecule has 1 aliphatic heterocycles. The van der Waals surface area contributed by atoms with Crippen LogP contribution in [0.15, 0.2) is 23.8 Å². The number of fused-ring (bicyclic) bond motifs is 1. The molecule has 3 fully saturated rings. The summed E-state index contributed by atoms with van der Waals surface area (Å²) in [5.41, 5.74) is 1.18. The molecular weight excluding hydrogens is 466 g/mol. The molecule has 0 atom stereocenters. The minimum atomic E-state index is -0.937. The van der Waals surface area contributed by atoms with Crippen LogP contribution in [0.1, 0.15) is 49.0 Å². The second kappa shape index (κ2) is 8.78. The summed E-state index contributed by atoms with van der Waals surface area (Å²) < 4.78 is 1.80. The van der Waals surface area contributed by atoms with Crippen LogP contribution in [-0.2, 0) is 0 Å². The number of anilines is 1. The van der Waals surface area contributed by atoms with E-state index < -0.39 is 6.09 Å². The summed E-state index contributed by atoms with van der Waals surface area (Å²) in [6, 6.07) is 2.11. The summed E-state index contributed by atoms with van der Waals surface area (Å²) in [6.45, 7) is 0.998. The fraction of sp³-hybridized carbons (Fsp3) is 0.542. The van der Waals surface area contributed by atoms with E-state index in [0.717, 1.165) is 10.4 Å². The van der Waals surface area contributed by atoms with E-state index >= 15 is 0 Å². The van der Waals surface area contributed by atoms with Crippen molar-refractivity contribution in [3.8, 4) is 11.4 Å². The lowest BCUT2D eigenvalue weighted by atomic mass is 10.0.